The van der Waals surface area contributed by atoms with Gasteiger partial charge in [0.25, 0.3) is 0 Å². The number of carbonyl (C=O) groups excluding carboxylic acids is 1. The molecule has 1 amide bonds. The summed E-state index contributed by atoms with van der Waals surface area (Å²) in [4.78, 5) is 16.0. The van der Waals surface area contributed by atoms with Crippen LogP contribution in [0, 0.1) is 6.92 Å². The Bertz CT molecular complexity index is 617. The second-order valence-corrected chi connectivity index (χ2v) is 4.56. The van der Waals surface area contributed by atoms with E-state index in [0.717, 1.165) is 23.0 Å². The van der Waals surface area contributed by atoms with Gasteiger partial charge in [-0.1, -0.05) is 24.6 Å². The van der Waals surface area contributed by atoms with Crippen molar-refractivity contribution >= 4 is 22.9 Å². The van der Waals surface area contributed by atoms with E-state index in [4.69, 9.17) is 0 Å². The van der Waals surface area contributed by atoms with Gasteiger partial charge in [0.15, 0.2) is 0 Å². The zero-order valence-corrected chi connectivity index (χ0v) is 11.3. The van der Waals surface area contributed by atoms with Gasteiger partial charge in [-0.25, -0.2) is 4.98 Å². The third-order valence-corrected chi connectivity index (χ3v) is 2.82. The van der Waals surface area contributed by atoms with Gasteiger partial charge in [-0.15, -0.1) is 0 Å². The van der Waals surface area contributed by atoms with Crippen LogP contribution >= 0.6 is 0 Å². The van der Waals surface area contributed by atoms with Crippen molar-refractivity contribution in [3.63, 3.8) is 0 Å². The van der Waals surface area contributed by atoms with E-state index < -0.39 is 0 Å². The molecule has 2 rings (SSSR count). The smallest absolute Gasteiger partial charge is 0.244 e. The summed E-state index contributed by atoms with van der Waals surface area (Å²) in [5.74, 6) is -0.0762. The maximum absolute atomic E-state index is 11.5. The second kappa shape index (κ2) is 6.14. The van der Waals surface area contributed by atoms with E-state index in [0.29, 0.717) is 6.54 Å². The van der Waals surface area contributed by atoms with Gasteiger partial charge in [0.05, 0.1) is 11.2 Å². The predicted molar refractivity (Wildman–Crippen MR) is 78.8 cm³/mol. The molecule has 0 aliphatic heterocycles. The van der Waals surface area contributed by atoms with Crippen molar-refractivity contribution in [3.05, 3.63) is 47.7 Å². The first kappa shape index (κ1) is 13.3. The Morgan fingerprint density at radius 3 is 2.95 bits per heavy atom. The summed E-state index contributed by atoms with van der Waals surface area (Å²) < 4.78 is 0. The van der Waals surface area contributed by atoms with E-state index in [9.17, 15) is 4.79 Å². The van der Waals surface area contributed by atoms with Gasteiger partial charge in [0, 0.05) is 18.0 Å². The Morgan fingerprint density at radius 2 is 2.16 bits per heavy atom. The number of hydrogen-bond donors (Lipinski definition) is 1. The molecule has 0 bridgehead atoms. The molecule has 0 aliphatic carbocycles. The lowest BCUT2D eigenvalue weighted by molar-refractivity contribution is -0.116. The average Bonchev–Trinajstić information content (AvgIpc) is 2.42. The third-order valence-electron chi connectivity index (χ3n) is 2.82. The van der Waals surface area contributed by atoms with Crippen LogP contribution in [0.1, 0.15) is 24.6 Å². The number of amides is 1. The van der Waals surface area contributed by atoms with Crippen molar-refractivity contribution in [1.82, 2.24) is 10.3 Å². The highest BCUT2D eigenvalue weighted by molar-refractivity contribution is 5.91. The maximum Gasteiger partial charge on any atom is 0.244 e. The molecule has 0 saturated carbocycles. The van der Waals surface area contributed by atoms with Crippen molar-refractivity contribution < 1.29 is 4.79 Å². The van der Waals surface area contributed by atoms with E-state index in [1.165, 1.54) is 11.6 Å². The lowest BCUT2D eigenvalue weighted by atomic mass is 10.1. The van der Waals surface area contributed by atoms with Crippen molar-refractivity contribution in [1.29, 1.82) is 0 Å². The Kier molecular flexibility index (Phi) is 4.29. The monoisotopic (exact) mass is 254 g/mol. The van der Waals surface area contributed by atoms with Crippen LogP contribution < -0.4 is 5.32 Å². The highest BCUT2D eigenvalue weighted by atomic mass is 16.1. The number of hydrogen-bond acceptors (Lipinski definition) is 2. The van der Waals surface area contributed by atoms with E-state index >= 15 is 0 Å². The molecule has 0 atom stereocenters. The third kappa shape index (κ3) is 3.65. The molecule has 0 unspecified atom stereocenters. The lowest BCUT2D eigenvalue weighted by Crippen LogP contribution is -2.21. The summed E-state index contributed by atoms with van der Waals surface area (Å²) in [6.07, 6.45) is 4.20. The Hall–Kier alpha value is -2.16. The number of fused-ring (bicyclic) bond motifs is 1. The van der Waals surface area contributed by atoms with Gasteiger partial charge in [0.1, 0.15) is 0 Å². The number of benzene rings is 1. The van der Waals surface area contributed by atoms with Crippen LogP contribution in [-0.4, -0.2) is 17.4 Å². The van der Waals surface area contributed by atoms with Gasteiger partial charge >= 0.3 is 0 Å². The number of nitrogens with zero attached hydrogens (tertiary/aromatic N) is 1. The molecule has 0 fully saturated rings. The fourth-order valence-corrected chi connectivity index (χ4v) is 1.82. The summed E-state index contributed by atoms with van der Waals surface area (Å²) >= 11 is 0. The summed E-state index contributed by atoms with van der Waals surface area (Å²) in [6.45, 7) is 4.79. The van der Waals surface area contributed by atoms with Gasteiger partial charge in [-0.3, -0.25) is 4.79 Å². The zero-order valence-electron chi connectivity index (χ0n) is 11.3. The highest BCUT2D eigenvalue weighted by Gasteiger charge is 1.97. The molecule has 0 saturated heterocycles. The molecule has 1 heterocycles. The van der Waals surface area contributed by atoms with Crippen molar-refractivity contribution in [3.8, 4) is 0 Å². The van der Waals surface area contributed by atoms with E-state index in [-0.39, 0.29) is 5.91 Å². The Morgan fingerprint density at radius 1 is 1.32 bits per heavy atom. The summed E-state index contributed by atoms with van der Waals surface area (Å²) in [5.41, 5.74) is 2.96. The van der Waals surface area contributed by atoms with Crippen LogP contribution in [0.3, 0.4) is 0 Å². The highest BCUT2D eigenvalue weighted by Crippen LogP contribution is 2.14. The van der Waals surface area contributed by atoms with Gasteiger partial charge in [0.2, 0.25) is 5.91 Å². The number of aromatic nitrogens is 1. The average molecular weight is 254 g/mol. The molecule has 0 radical (unpaired) electrons. The number of pyridine rings is 1. The SMILES string of the molecule is CCCNC(=O)/C=C/c1ccc2cc(C)ccc2n1. The standard InChI is InChI=1S/C16H18N2O/c1-3-10-17-16(19)9-7-14-6-5-13-11-12(2)4-8-15(13)18-14/h4-9,11H,3,10H2,1-2H3,(H,17,19)/b9-7+. The topological polar surface area (TPSA) is 42.0 Å². The molecule has 1 aromatic carbocycles. The number of aryl methyl sites for hydroxylation is 1. The number of carbonyl (C=O) groups is 1. The molecule has 1 aromatic heterocycles. The molecule has 0 spiro atoms. The lowest BCUT2D eigenvalue weighted by Gasteiger charge is -2.01. The van der Waals surface area contributed by atoms with E-state index in [2.05, 4.69) is 23.3 Å². The van der Waals surface area contributed by atoms with Crippen LogP contribution in [0.5, 0.6) is 0 Å². The second-order valence-electron chi connectivity index (χ2n) is 4.56. The molecule has 1 N–H and O–H groups in total. The van der Waals surface area contributed by atoms with Gasteiger partial charge < -0.3 is 5.32 Å². The molecule has 0 aliphatic rings. The minimum atomic E-state index is -0.0762. The van der Waals surface area contributed by atoms with Gasteiger partial charge in [-0.2, -0.15) is 0 Å². The molecule has 2 aromatic rings. The predicted octanol–water partition coefficient (Wildman–Crippen LogP) is 3.08. The molecular formula is C16H18N2O. The first-order valence-corrected chi connectivity index (χ1v) is 6.52. The fourth-order valence-electron chi connectivity index (χ4n) is 1.82. The number of rotatable bonds is 4. The van der Waals surface area contributed by atoms with Crippen molar-refractivity contribution in [2.75, 3.05) is 6.54 Å². The normalized spacial score (nSPS) is 11.1. The largest absolute Gasteiger partial charge is 0.353 e. The summed E-state index contributed by atoms with van der Waals surface area (Å²) in [5, 5.41) is 3.91. The molecule has 3 heteroatoms. The van der Waals surface area contributed by atoms with Crippen LogP contribution in [-0.2, 0) is 4.79 Å². The molecule has 3 nitrogen and oxygen atoms in total. The minimum absolute atomic E-state index is 0.0762. The van der Waals surface area contributed by atoms with Crippen LogP contribution in [0.15, 0.2) is 36.4 Å². The van der Waals surface area contributed by atoms with Gasteiger partial charge in [-0.05, 0) is 37.6 Å². The quantitative estimate of drug-likeness (QED) is 0.852. The molecular weight excluding hydrogens is 236 g/mol. The molecule has 98 valence electrons. The van der Waals surface area contributed by atoms with E-state index in [1.54, 1.807) is 6.08 Å². The van der Waals surface area contributed by atoms with E-state index in [1.807, 2.05) is 31.2 Å². The Balaban J connectivity index is 2.15. The van der Waals surface area contributed by atoms with Crippen molar-refractivity contribution in [2.45, 2.75) is 20.3 Å². The van der Waals surface area contributed by atoms with Crippen molar-refractivity contribution in [2.24, 2.45) is 0 Å². The Labute approximate surface area is 113 Å². The first-order chi connectivity index (χ1) is 9.19. The zero-order chi connectivity index (χ0) is 13.7. The van der Waals surface area contributed by atoms with Crippen LogP contribution in [0.2, 0.25) is 0 Å². The number of nitrogens with one attached hydrogen (secondary N) is 1. The fraction of sp³-hybridized carbons (Fsp3) is 0.250. The summed E-state index contributed by atoms with van der Waals surface area (Å²) in [6, 6.07) is 10.1. The first-order valence-electron chi connectivity index (χ1n) is 6.52. The van der Waals surface area contributed by atoms with Crippen LogP contribution in [0.4, 0.5) is 0 Å². The minimum Gasteiger partial charge on any atom is -0.353 e. The van der Waals surface area contributed by atoms with Crippen LogP contribution in [0.25, 0.3) is 17.0 Å². The maximum atomic E-state index is 11.5. The molecule has 19 heavy (non-hydrogen) atoms. The summed E-state index contributed by atoms with van der Waals surface area (Å²) in [7, 11) is 0.